The number of aromatic nitrogens is 2. The van der Waals surface area contributed by atoms with Crippen LogP contribution >= 0.6 is 11.6 Å². The second-order valence-electron chi connectivity index (χ2n) is 10.7. The Kier molecular flexibility index (Phi) is 14.3. The van der Waals surface area contributed by atoms with Gasteiger partial charge in [0.1, 0.15) is 0 Å². The molecule has 0 spiro atoms. The van der Waals surface area contributed by atoms with E-state index in [9.17, 15) is 4.79 Å². The second-order valence-corrected chi connectivity index (χ2v) is 11.1. The summed E-state index contributed by atoms with van der Waals surface area (Å²) < 4.78 is 0. The van der Waals surface area contributed by atoms with E-state index in [1.165, 1.54) is 89.0 Å². The number of pyridine rings is 1. The molecule has 2 heterocycles. The number of unbranched alkanes of at least 4 members (excludes halogenated alkanes) is 13. The van der Waals surface area contributed by atoms with Gasteiger partial charge in [-0.05, 0) is 55.2 Å². The van der Waals surface area contributed by atoms with Crippen LogP contribution in [0.15, 0.2) is 42.6 Å². The fourth-order valence-electron chi connectivity index (χ4n) is 5.27. The predicted molar refractivity (Wildman–Crippen MR) is 163 cm³/mol. The third-order valence-electron chi connectivity index (χ3n) is 7.47. The molecule has 1 aromatic carbocycles. The average Bonchev–Trinajstić information content (AvgIpc) is 3.29. The molecule has 0 fully saturated rings. The van der Waals surface area contributed by atoms with E-state index in [2.05, 4.69) is 22.2 Å². The van der Waals surface area contributed by atoms with Crippen LogP contribution in [0.4, 0.5) is 0 Å². The summed E-state index contributed by atoms with van der Waals surface area (Å²) in [6, 6.07) is 11.8. The maximum atomic E-state index is 12.4. The van der Waals surface area contributed by atoms with E-state index in [1.54, 1.807) is 0 Å². The minimum Gasteiger partial charge on any atom is -0.356 e. The number of fused-ring (bicyclic) bond motifs is 1. The molecule has 3 rings (SSSR count). The molecule has 0 bridgehead atoms. The molecule has 38 heavy (non-hydrogen) atoms. The number of carbonyl (C=O) groups is 1. The van der Waals surface area contributed by atoms with E-state index in [-0.39, 0.29) is 5.91 Å². The predicted octanol–water partition coefficient (Wildman–Crippen LogP) is 9.80. The monoisotopic (exact) mass is 537 g/mol. The van der Waals surface area contributed by atoms with Gasteiger partial charge in [0.25, 0.3) is 0 Å². The van der Waals surface area contributed by atoms with Crippen LogP contribution < -0.4 is 5.32 Å². The minimum absolute atomic E-state index is 0.150. The van der Waals surface area contributed by atoms with Gasteiger partial charge in [-0.2, -0.15) is 0 Å². The van der Waals surface area contributed by atoms with Crippen LogP contribution in [0.3, 0.4) is 0 Å². The van der Waals surface area contributed by atoms with E-state index in [0.29, 0.717) is 6.42 Å². The van der Waals surface area contributed by atoms with Crippen LogP contribution in [-0.2, 0) is 11.2 Å². The number of carbonyl (C=O) groups excluding carboxylic acids is 1. The second kappa shape index (κ2) is 18.0. The maximum Gasteiger partial charge on any atom is 0.220 e. The fourth-order valence-corrected chi connectivity index (χ4v) is 5.44. The lowest BCUT2D eigenvalue weighted by Crippen LogP contribution is -2.24. The van der Waals surface area contributed by atoms with E-state index in [4.69, 9.17) is 11.6 Å². The first kappa shape index (κ1) is 30.2. The molecule has 0 saturated heterocycles. The van der Waals surface area contributed by atoms with Crippen molar-refractivity contribution >= 4 is 28.4 Å². The van der Waals surface area contributed by atoms with Gasteiger partial charge in [0.2, 0.25) is 5.91 Å². The van der Waals surface area contributed by atoms with Gasteiger partial charge in [0, 0.05) is 35.1 Å². The van der Waals surface area contributed by atoms with Crippen molar-refractivity contribution in [3.05, 3.63) is 53.2 Å². The summed E-state index contributed by atoms with van der Waals surface area (Å²) in [4.78, 5) is 20.5. The number of benzene rings is 1. The van der Waals surface area contributed by atoms with E-state index in [1.807, 2.05) is 42.6 Å². The van der Waals surface area contributed by atoms with Crippen LogP contribution in [0.1, 0.15) is 115 Å². The SMILES string of the molecule is CCCCCCCCCCCCCCCCNC(=O)CCCc1c(-c2ccccn2)[nH]c2ccc(Cl)cc12. The van der Waals surface area contributed by atoms with E-state index in [0.717, 1.165) is 53.1 Å². The number of aromatic amines is 1. The van der Waals surface area contributed by atoms with Crippen LogP contribution in [0.25, 0.3) is 22.3 Å². The number of H-pyrrole nitrogens is 1. The molecule has 0 radical (unpaired) electrons. The third kappa shape index (κ3) is 10.8. The number of nitrogens with one attached hydrogen (secondary N) is 2. The lowest BCUT2D eigenvalue weighted by Gasteiger charge is -2.07. The van der Waals surface area contributed by atoms with Crippen LogP contribution in [0, 0.1) is 0 Å². The van der Waals surface area contributed by atoms with E-state index >= 15 is 0 Å². The summed E-state index contributed by atoms with van der Waals surface area (Å²) >= 11 is 6.29. The Morgan fingerprint density at radius 1 is 0.842 bits per heavy atom. The smallest absolute Gasteiger partial charge is 0.220 e. The lowest BCUT2D eigenvalue weighted by molar-refractivity contribution is -0.121. The molecule has 4 nitrogen and oxygen atoms in total. The topological polar surface area (TPSA) is 57.8 Å². The van der Waals surface area contributed by atoms with E-state index < -0.39 is 0 Å². The lowest BCUT2D eigenvalue weighted by atomic mass is 10.0. The average molecular weight is 538 g/mol. The van der Waals surface area contributed by atoms with Crippen molar-refractivity contribution in [2.45, 2.75) is 116 Å². The van der Waals surface area contributed by atoms with Gasteiger partial charge < -0.3 is 10.3 Å². The standard InChI is InChI=1S/C33H48ClN3O/c1-2-3-4-5-6-7-8-9-10-11-12-13-14-16-25-36-32(38)21-18-19-28-29-26-27(34)22-23-30(29)37-33(28)31-20-15-17-24-35-31/h15,17,20,22-24,26,37H,2-14,16,18-19,21,25H2,1H3,(H,36,38). The normalized spacial score (nSPS) is 11.3. The minimum atomic E-state index is 0.150. The number of aryl methyl sites for hydroxylation is 1. The molecule has 5 heteroatoms. The van der Waals surface area contributed by atoms with Crippen molar-refractivity contribution in [1.29, 1.82) is 0 Å². The molecule has 0 aliphatic carbocycles. The molecule has 208 valence electrons. The first-order chi connectivity index (χ1) is 18.7. The zero-order valence-electron chi connectivity index (χ0n) is 23.5. The maximum absolute atomic E-state index is 12.4. The Hall–Kier alpha value is -2.33. The van der Waals surface area contributed by atoms with Gasteiger partial charge in [-0.1, -0.05) is 108 Å². The summed E-state index contributed by atoms with van der Waals surface area (Å²) in [5.74, 6) is 0.150. The Morgan fingerprint density at radius 3 is 2.13 bits per heavy atom. The van der Waals surface area contributed by atoms with Crippen molar-refractivity contribution in [3.63, 3.8) is 0 Å². The zero-order chi connectivity index (χ0) is 26.8. The van der Waals surface area contributed by atoms with Crippen molar-refractivity contribution in [2.75, 3.05) is 6.54 Å². The Bertz CT molecular complexity index is 1060. The Morgan fingerprint density at radius 2 is 1.50 bits per heavy atom. The molecule has 0 aliphatic rings. The molecule has 0 aliphatic heterocycles. The highest BCUT2D eigenvalue weighted by Gasteiger charge is 2.15. The number of amides is 1. The number of nitrogens with zero attached hydrogens (tertiary/aromatic N) is 1. The summed E-state index contributed by atoms with van der Waals surface area (Å²) in [5.41, 5.74) is 4.16. The highest BCUT2D eigenvalue weighted by Crippen LogP contribution is 2.32. The molecular weight excluding hydrogens is 490 g/mol. The molecule has 0 saturated carbocycles. The van der Waals surface area contributed by atoms with Gasteiger partial charge in [0.05, 0.1) is 11.4 Å². The zero-order valence-corrected chi connectivity index (χ0v) is 24.3. The fraction of sp³-hybridized carbons (Fsp3) is 0.576. The summed E-state index contributed by atoms with van der Waals surface area (Å²) in [7, 11) is 0. The number of halogens is 1. The first-order valence-electron chi connectivity index (χ1n) is 15.2. The summed E-state index contributed by atoms with van der Waals surface area (Å²) in [5, 5.41) is 4.95. The van der Waals surface area contributed by atoms with Gasteiger partial charge >= 0.3 is 0 Å². The summed E-state index contributed by atoms with van der Waals surface area (Å²) in [6.07, 6.45) is 22.8. The molecule has 0 atom stereocenters. The number of rotatable bonds is 20. The van der Waals surface area contributed by atoms with Crippen LogP contribution in [0.5, 0.6) is 0 Å². The molecule has 0 unspecified atom stereocenters. The quantitative estimate of drug-likeness (QED) is 0.141. The highest BCUT2D eigenvalue weighted by atomic mass is 35.5. The molecule has 2 aromatic heterocycles. The molecular formula is C33H48ClN3O. The van der Waals surface area contributed by atoms with Crippen molar-refractivity contribution < 1.29 is 4.79 Å². The van der Waals surface area contributed by atoms with Crippen molar-refractivity contribution in [2.24, 2.45) is 0 Å². The molecule has 1 amide bonds. The number of hydrogen-bond acceptors (Lipinski definition) is 2. The molecule has 3 aromatic rings. The van der Waals surface area contributed by atoms with Crippen LogP contribution in [0.2, 0.25) is 5.02 Å². The first-order valence-corrected chi connectivity index (χ1v) is 15.5. The van der Waals surface area contributed by atoms with Gasteiger partial charge in [-0.3, -0.25) is 9.78 Å². The van der Waals surface area contributed by atoms with Gasteiger partial charge in [-0.25, -0.2) is 0 Å². The highest BCUT2D eigenvalue weighted by molar-refractivity contribution is 6.31. The number of hydrogen-bond donors (Lipinski definition) is 2. The summed E-state index contributed by atoms with van der Waals surface area (Å²) in [6.45, 7) is 3.07. The molecule has 2 N–H and O–H groups in total. The van der Waals surface area contributed by atoms with Crippen LogP contribution in [-0.4, -0.2) is 22.4 Å². The largest absolute Gasteiger partial charge is 0.356 e. The Balaban J connectivity index is 1.25. The van der Waals surface area contributed by atoms with Gasteiger partial charge in [0.15, 0.2) is 0 Å². The van der Waals surface area contributed by atoms with Crippen molar-refractivity contribution in [1.82, 2.24) is 15.3 Å². The van der Waals surface area contributed by atoms with Crippen molar-refractivity contribution in [3.8, 4) is 11.4 Å². The van der Waals surface area contributed by atoms with Gasteiger partial charge in [-0.15, -0.1) is 0 Å². The Labute approximate surface area is 235 Å². The third-order valence-corrected chi connectivity index (χ3v) is 7.71.